The van der Waals surface area contributed by atoms with Crippen LogP contribution in [-0.2, 0) is 0 Å². The first kappa shape index (κ1) is 11.4. The highest BCUT2D eigenvalue weighted by molar-refractivity contribution is 5.74. The summed E-state index contributed by atoms with van der Waals surface area (Å²) in [5.41, 5.74) is 3.61. The summed E-state index contributed by atoms with van der Waals surface area (Å²) < 4.78 is 0. The molecule has 1 aromatic rings. The number of nitrogens with zero attached hydrogens (tertiary/aromatic N) is 1. The fraction of sp³-hybridized carbons (Fsp3) is 0.214. The van der Waals surface area contributed by atoms with E-state index in [9.17, 15) is 0 Å². The minimum absolute atomic E-state index is 1.13. The minimum atomic E-state index is 1.13. The van der Waals surface area contributed by atoms with Crippen LogP contribution >= 0.6 is 0 Å². The van der Waals surface area contributed by atoms with Crippen LogP contribution in [-0.4, -0.2) is 6.21 Å². The van der Waals surface area contributed by atoms with Crippen molar-refractivity contribution in [3.63, 3.8) is 0 Å². The average Bonchev–Trinajstić information content (AvgIpc) is 2.25. The van der Waals surface area contributed by atoms with Crippen molar-refractivity contribution in [2.24, 2.45) is 4.99 Å². The van der Waals surface area contributed by atoms with Crippen molar-refractivity contribution in [3.8, 4) is 0 Å². The van der Waals surface area contributed by atoms with Gasteiger partial charge in [0.1, 0.15) is 0 Å². The van der Waals surface area contributed by atoms with Gasteiger partial charge >= 0.3 is 0 Å². The summed E-state index contributed by atoms with van der Waals surface area (Å²) in [7, 11) is 0. The van der Waals surface area contributed by atoms with Crippen LogP contribution < -0.4 is 0 Å². The first-order chi connectivity index (χ1) is 7.27. The highest BCUT2D eigenvalue weighted by Gasteiger charge is 1.95. The summed E-state index contributed by atoms with van der Waals surface area (Å²) in [5.74, 6) is 0. The van der Waals surface area contributed by atoms with Gasteiger partial charge in [0.2, 0.25) is 0 Å². The number of rotatable bonds is 3. The van der Waals surface area contributed by atoms with E-state index < -0.39 is 0 Å². The molecule has 0 aliphatic rings. The fourth-order valence-electron chi connectivity index (χ4n) is 1.29. The van der Waals surface area contributed by atoms with Crippen LogP contribution in [0.25, 0.3) is 5.57 Å². The number of hydrogen-bond acceptors (Lipinski definition) is 1. The quantitative estimate of drug-likeness (QED) is 0.515. The summed E-state index contributed by atoms with van der Waals surface area (Å²) >= 11 is 0. The Bertz CT molecular complexity index is 380. The Hall–Kier alpha value is -1.63. The molecule has 0 aliphatic carbocycles. The van der Waals surface area contributed by atoms with Gasteiger partial charge in [-0.3, -0.25) is 4.99 Å². The van der Waals surface area contributed by atoms with Crippen LogP contribution in [0.1, 0.15) is 25.0 Å². The molecule has 0 N–H and O–H groups in total. The van der Waals surface area contributed by atoms with Crippen LogP contribution in [0.4, 0.5) is 0 Å². The molecule has 1 rings (SSSR count). The van der Waals surface area contributed by atoms with E-state index in [0.717, 1.165) is 5.57 Å². The summed E-state index contributed by atoms with van der Waals surface area (Å²) in [6, 6.07) is 8.46. The second-order valence-electron chi connectivity index (χ2n) is 3.36. The van der Waals surface area contributed by atoms with E-state index >= 15 is 0 Å². The molecule has 0 saturated carbocycles. The highest BCUT2D eigenvalue weighted by atomic mass is 14.7. The van der Waals surface area contributed by atoms with E-state index in [1.165, 1.54) is 11.1 Å². The van der Waals surface area contributed by atoms with Crippen molar-refractivity contribution in [3.05, 3.63) is 53.7 Å². The molecule has 0 atom stereocenters. The van der Waals surface area contributed by atoms with E-state index in [4.69, 9.17) is 0 Å². The van der Waals surface area contributed by atoms with Gasteiger partial charge in [0.25, 0.3) is 0 Å². The van der Waals surface area contributed by atoms with Gasteiger partial charge in [0, 0.05) is 12.4 Å². The fourth-order valence-corrected chi connectivity index (χ4v) is 1.29. The molecule has 0 fully saturated rings. The van der Waals surface area contributed by atoms with Gasteiger partial charge in [-0.2, -0.15) is 0 Å². The first-order valence-electron chi connectivity index (χ1n) is 5.15. The lowest BCUT2D eigenvalue weighted by Gasteiger charge is -2.01. The third-order valence-electron chi connectivity index (χ3n) is 2.09. The molecule has 0 amide bonds. The molecule has 0 heterocycles. The lowest BCUT2D eigenvalue weighted by molar-refractivity contribution is 1.45. The van der Waals surface area contributed by atoms with Crippen molar-refractivity contribution in [2.45, 2.75) is 20.8 Å². The topological polar surface area (TPSA) is 12.4 Å². The van der Waals surface area contributed by atoms with Crippen LogP contribution in [0.3, 0.4) is 0 Å². The van der Waals surface area contributed by atoms with E-state index in [2.05, 4.69) is 42.3 Å². The maximum atomic E-state index is 4.15. The van der Waals surface area contributed by atoms with Crippen LogP contribution in [0.2, 0.25) is 0 Å². The van der Waals surface area contributed by atoms with Gasteiger partial charge in [0.15, 0.2) is 0 Å². The van der Waals surface area contributed by atoms with E-state index in [0.29, 0.717) is 0 Å². The normalized spacial score (nSPS) is 12.9. The van der Waals surface area contributed by atoms with Crippen LogP contribution in [0.5, 0.6) is 0 Å². The van der Waals surface area contributed by atoms with E-state index in [1.54, 1.807) is 6.21 Å². The predicted octanol–water partition coefficient (Wildman–Crippen LogP) is 4.00. The van der Waals surface area contributed by atoms with Gasteiger partial charge < -0.3 is 0 Å². The van der Waals surface area contributed by atoms with Gasteiger partial charge in [0.05, 0.1) is 0 Å². The lowest BCUT2D eigenvalue weighted by atomic mass is 10.1. The molecule has 0 aliphatic heterocycles. The zero-order valence-electron chi connectivity index (χ0n) is 9.57. The third-order valence-corrected chi connectivity index (χ3v) is 2.09. The van der Waals surface area contributed by atoms with E-state index in [-0.39, 0.29) is 0 Å². The Labute approximate surface area is 91.9 Å². The minimum Gasteiger partial charge on any atom is -0.269 e. The lowest BCUT2D eigenvalue weighted by Crippen LogP contribution is -1.81. The maximum Gasteiger partial charge on any atom is 0.0342 e. The number of aliphatic imine (C=N–C) groups is 1. The van der Waals surface area contributed by atoms with Crippen molar-refractivity contribution in [1.29, 1.82) is 0 Å². The summed E-state index contributed by atoms with van der Waals surface area (Å²) in [6.07, 6.45) is 7.76. The molecule has 1 aromatic carbocycles. The monoisotopic (exact) mass is 199 g/mol. The Morgan fingerprint density at radius 2 is 1.80 bits per heavy atom. The predicted molar refractivity (Wildman–Crippen MR) is 68.1 cm³/mol. The Balaban J connectivity index is 3.04. The smallest absolute Gasteiger partial charge is 0.0342 e. The van der Waals surface area contributed by atoms with Crippen LogP contribution in [0.15, 0.2) is 47.6 Å². The zero-order chi connectivity index (χ0) is 11.1. The molecule has 15 heavy (non-hydrogen) atoms. The van der Waals surface area contributed by atoms with Crippen molar-refractivity contribution in [1.82, 2.24) is 0 Å². The largest absolute Gasteiger partial charge is 0.269 e. The third kappa shape index (κ3) is 3.55. The maximum absolute atomic E-state index is 4.15. The molecule has 1 nitrogen and oxygen atoms in total. The number of allylic oxidation sites excluding steroid dienone is 3. The standard InChI is InChI=1S/C14H17N/c1-4-6-14(11-15-5-2)13-9-7-12(3)8-10-13/h4-11H,1-3H3/b6-4-,14-11+,15-5?. The van der Waals surface area contributed by atoms with Crippen molar-refractivity contribution >= 4 is 11.8 Å². The number of benzene rings is 1. The molecule has 1 heteroatoms. The number of aryl methyl sites for hydroxylation is 1. The Morgan fingerprint density at radius 3 is 2.33 bits per heavy atom. The first-order valence-corrected chi connectivity index (χ1v) is 5.15. The van der Waals surface area contributed by atoms with Crippen molar-refractivity contribution in [2.75, 3.05) is 0 Å². The highest BCUT2D eigenvalue weighted by Crippen LogP contribution is 2.16. The van der Waals surface area contributed by atoms with Gasteiger partial charge in [-0.15, -0.1) is 0 Å². The van der Waals surface area contributed by atoms with Gasteiger partial charge in [-0.05, 0) is 31.9 Å². The molecular formula is C14H17N. The SMILES string of the molecule is CC=N/C=C(\C=C/C)c1ccc(C)cc1. The summed E-state index contributed by atoms with van der Waals surface area (Å²) in [6.45, 7) is 6.02. The van der Waals surface area contributed by atoms with Gasteiger partial charge in [-0.1, -0.05) is 42.0 Å². The van der Waals surface area contributed by atoms with Crippen molar-refractivity contribution < 1.29 is 0 Å². The molecule has 0 radical (unpaired) electrons. The molecule has 0 spiro atoms. The molecule has 0 bridgehead atoms. The molecule has 78 valence electrons. The second kappa shape index (κ2) is 5.97. The summed E-state index contributed by atoms with van der Waals surface area (Å²) in [4.78, 5) is 4.15. The van der Waals surface area contributed by atoms with Crippen LogP contribution in [0, 0.1) is 6.92 Å². The van der Waals surface area contributed by atoms with Gasteiger partial charge in [-0.25, -0.2) is 0 Å². The molecule has 0 saturated heterocycles. The van der Waals surface area contributed by atoms with E-state index in [1.807, 2.05) is 26.1 Å². The number of hydrogen-bond donors (Lipinski definition) is 0. The summed E-state index contributed by atoms with van der Waals surface area (Å²) in [5, 5.41) is 0. The molecule has 0 aromatic heterocycles. The molecule has 0 unspecified atom stereocenters. The Kier molecular flexibility index (Phi) is 4.55. The zero-order valence-corrected chi connectivity index (χ0v) is 9.57. The Morgan fingerprint density at radius 1 is 1.13 bits per heavy atom. The second-order valence-corrected chi connectivity index (χ2v) is 3.36. The molecular weight excluding hydrogens is 182 g/mol. The average molecular weight is 199 g/mol.